The van der Waals surface area contributed by atoms with Crippen molar-refractivity contribution < 1.29 is 0 Å². The molecule has 3 aromatic rings. The first-order valence-corrected chi connectivity index (χ1v) is 7.96. The standard InChI is InChI=1S/C16H14ClN3S/c1-10-4-5-12-8-13(15(17)20-14(12)11(10)2)9-21-16-18-6-3-7-19-16/h3-8H,9H2,1-2H3. The molecule has 2 heterocycles. The molecule has 0 N–H and O–H groups in total. The minimum atomic E-state index is 0.555. The number of benzene rings is 1. The molecule has 1 aromatic carbocycles. The van der Waals surface area contributed by atoms with E-state index in [9.17, 15) is 0 Å². The van der Waals surface area contributed by atoms with Crippen LogP contribution in [0, 0.1) is 13.8 Å². The zero-order valence-corrected chi connectivity index (χ0v) is 13.4. The highest BCUT2D eigenvalue weighted by molar-refractivity contribution is 7.98. The lowest BCUT2D eigenvalue weighted by Crippen LogP contribution is -1.93. The van der Waals surface area contributed by atoms with Crippen molar-refractivity contribution in [2.45, 2.75) is 24.8 Å². The van der Waals surface area contributed by atoms with E-state index in [1.54, 1.807) is 30.2 Å². The number of pyridine rings is 1. The summed E-state index contributed by atoms with van der Waals surface area (Å²) in [5.41, 5.74) is 4.39. The lowest BCUT2D eigenvalue weighted by Gasteiger charge is -2.09. The maximum atomic E-state index is 6.33. The van der Waals surface area contributed by atoms with Gasteiger partial charge in [0.05, 0.1) is 5.52 Å². The molecule has 2 aromatic heterocycles. The molecule has 0 amide bonds. The molecular weight excluding hydrogens is 302 g/mol. The van der Waals surface area contributed by atoms with Gasteiger partial charge in [-0.05, 0) is 37.1 Å². The average molecular weight is 316 g/mol. The second-order valence-corrected chi connectivity index (χ2v) is 6.14. The fourth-order valence-corrected chi connectivity index (χ4v) is 3.17. The van der Waals surface area contributed by atoms with Crippen molar-refractivity contribution in [3.05, 3.63) is 58.5 Å². The van der Waals surface area contributed by atoms with Crippen LogP contribution >= 0.6 is 23.4 Å². The number of rotatable bonds is 3. The minimum absolute atomic E-state index is 0.555. The van der Waals surface area contributed by atoms with Gasteiger partial charge in [-0.3, -0.25) is 0 Å². The Morgan fingerprint density at radius 3 is 2.67 bits per heavy atom. The van der Waals surface area contributed by atoms with Crippen molar-refractivity contribution in [3.63, 3.8) is 0 Å². The first-order valence-electron chi connectivity index (χ1n) is 6.60. The Balaban J connectivity index is 1.93. The molecule has 0 saturated heterocycles. The number of halogens is 1. The fraction of sp³-hybridized carbons (Fsp3) is 0.188. The summed E-state index contributed by atoms with van der Waals surface area (Å²) in [7, 11) is 0. The topological polar surface area (TPSA) is 38.7 Å². The van der Waals surface area contributed by atoms with Crippen molar-refractivity contribution in [3.8, 4) is 0 Å². The number of aryl methyl sites for hydroxylation is 2. The van der Waals surface area contributed by atoms with Crippen LogP contribution in [-0.4, -0.2) is 15.0 Å². The maximum absolute atomic E-state index is 6.33. The van der Waals surface area contributed by atoms with Crippen LogP contribution in [0.15, 0.2) is 41.8 Å². The number of thioether (sulfide) groups is 1. The molecule has 0 aliphatic rings. The Morgan fingerprint density at radius 1 is 1.14 bits per heavy atom. The van der Waals surface area contributed by atoms with E-state index < -0.39 is 0 Å². The summed E-state index contributed by atoms with van der Waals surface area (Å²) < 4.78 is 0. The lowest BCUT2D eigenvalue weighted by molar-refractivity contribution is 0.966. The zero-order chi connectivity index (χ0) is 14.8. The van der Waals surface area contributed by atoms with Crippen LogP contribution in [0.4, 0.5) is 0 Å². The van der Waals surface area contributed by atoms with Crippen LogP contribution in [0.2, 0.25) is 5.15 Å². The van der Waals surface area contributed by atoms with Gasteiger partial charge in [0.25, 0.3) is 0 Å². The first-order chi connectivity index (χ1) is 10.1. The van der Waals surface area contributed by atoms with Crippen LogP contribution in [0.5, 0.6) is 0 Å². The van der Waals surface area contributed by atoms with Crippen molar-refractivity contribution in [2.75, 3.05) is 0 Å². The molecule has 0 saturated carbocycles. The van der Waals surface area contributed by atoms with Gasteiger partial charge in [0.2, 0.25) is 0 Å². The van der Waals surface area contributed by atoms with E-state index in [1.165, 1.54) is 11.1 Å². The molecule has 0 fully saturated rings. The largest absolute Gasteiger partial charge is 0.235 e. The molecule has 0 radical (unpaired) electrons. The third-order valence-electron chi connectivity index (χ3n) is 3.44. The molecule has 0 bridgehead atoms. The molecule has 0 atom stereocenters. The summed E-state index contributed by atoms with van der Waals surface area (Å²) in [6, 6.07) is 8.12. The van der Waals surface area contributed by atoms with Crippen LogP contribution in [0.3, 0.4) is 0 Å². The van der Waals surface area contributed by atoms with Gasteiger partial charge in [0.15, 0.2) is 5.16 Å². The molecule has 21 heavy (non-hydrogen) atoms. The molecule has 3 nitrogen and oxygen atoms in total. The van der Waals surface area contributed by atoms with Crippen molar-refractivity contribution in [1.82, 2.24) is 15.0 Å². The Morgan fingerprint density at radius 2 is 1.90 bits per heavy atom. The van der Waals surface area contributed by atoms with E-state index in [-0.39, 0.29) is 0 Å². The van der Waals surface area contributed by atoms with Crippen LogP contribution in [-0.2, 0) is 5.75 Å². The van der Waals surface area contributed by atoms with Gasteiger partial charge in [-0.2, -0.15) is 0 Å². The van der Waals surface area contributed by atoms with E-state index in [0.717, 1.165) is 21.6 Å². The highest BCUT2D eigenvalue weighted by atomic mass is 35.5. The van der Waals surface area contributed by atoms with Gasteiger partial charge in [-0.25, -0.2) is 15.0 Å². The number of aromatic nitrogens is 3. The number of hydrogen-bond donors (Lipinski definition) is 0. The quantitative estimate of drug-likeness (QED) is 0.402. The Labute approximate surface area is 132 Å². The van der Waals surface area contributed by atoms with Gasteiger partial charge >= 0.3 is 0 Å². The Kier molecular flexibility index (Phi) is 4.08. The van der Waals surface area contributed by atoms with Gasteiger partial charge in [0.1, 0.15) is 5.15 Å². The maximum Gasteiger partial charge on any atom is 0.187 e. The van der Waals surface area contributed by atoms with Crippen molar-refractivity contribution in [1.29, 1.82) is 0 Å². The molecule has 0 aliphatic heterocycles. The number of hydrogen-bond acceptors (Lipinski definition) is 4. The highest BCUT2D eigenvalue weighted by Gasteiger charge is 2.09. The van der Waals surface area contributed by atoms with E-state index in [2.05, 4.69) is 47.0 Å². The molecule has 3 rings (SSSR count). The SMILES string of the molecule is Cc1ccc2cc(CSc3ncccn3)c(Cl)nc2c1C. The highest BCUT2D eigenvalue weighted by Crippen LogP contribution is 2.28. The molecule has 0 aliphatic carbocycles. The summed E-state index contributed by atoms with van der Waals surface area (Å²) in [5, 5.41) is 2.42. The Bertz CT molecular complexity index is 790. The monoisotopic (exact) mass is 315 g/mol. The second-order valence-electron chi connectivity index (χ2n) is 4.84. The summed E-state index contributed by atoms with van der Waals surface area (Å²) in [5.74, 6) is 0.707. The smallest absolute Gasteiger partial charge is 0.187 e. The van der Waals surface area contributed by atoms with Gasteiger partial charge < -0.3 is 0 Å². The predicted octanol–water partition coefficient (Wildman–Crippen LogP) is 4.59. The van der Waals surface area contributed by atoms with Gasteiger partial charge in [-0.15, -0.1) is 0 Å². The van der Waals surface area contributed by atoms with Crippen LogP contribution < -0.4 is 0 Å². The van der Waals surface area contributed by atoms with Crippen LogP contribution in [0.1, 0.15) is 16.7 Å². The van der Waals surface area contributed by atoms with Crippen LogP contribution in [0.25, 0.3) is 10.9 Å². The number of fused-ring (bicyclic) bond motifs is 1. The fourth-order valence-electron chi connectivity index (χ4n) is 2.11. The summed E-state index contributed by atoms with van der Waals surface area (Å²) in [6.45, 7) is 4.16. The second kappa shape index (κ2) is 6.00. The molecule has 106 valence electrons. The van der Waals surface area contributed by atoms with E-state index >= 15 is 0 Å². The summed E-state index contributed by atoms with van der Waals surface area (Å²) >= 11 is 7.89. The lowest BCUT2D eigenvalue weighted by atomic mass is 10.0. The molecule has 0 unspecified atom stereocenters. The molecular formula is C16H14ClN3S. The van der Waals surface area contributed by atoms with E-state index in [0.29, 0.717) is 10.9 Å². The summed E-state index contributed by atoms with van der Waals surface area (Å²) in [6.07, 6.45) is 3.48. The zero-order valence-electron chi connectivity index (χ0n) is 11.8. The van der Waals surface area contributed by atoms with Gasteiger partial charge in [0, 0.05) is 29.1 Å². The summed E-state index contributed by atoms with van der Waals surface area (Å²) in [4.78, 5) is 13.0. The van der Waals surface area contributed by atoms with E-state index in [4.69, 9.17) is 11.6 Å². The Hall–Kier alpha value is -1.65. The third kappa shape index (κ3) is 3.01. The molecule has 0 spiro atoms. The van der Waals surface area contributed by atoms with Crippen molar-refractivity contribution >= 4 is 34.3 Å². The normalized spacial score (nSPS) is 11.0. The minimum Gasteiger partial charge on any atom is -0.235 e. The van der Waals surface area contributed by atoms with E-state index in [1.807, 2.05) is 0 Å². The first kappa shape index (κ1) is 14.3. The predicted molar refractivity (Wildman–Crippen MR) is 87.8 cm³/mol. The third-order valence-corrected chi connectivity index (χ3v) is 4.69. The average Bonchev–Trinajstić information content (AvgIpc) is 2.51. The van der Waals surface area contributed by atoms with Crippen molar-refractivity contribution in [2.24, 2.45) is 0 Å². The number of nitrogens with zero attached hydrogens (tertiary/aromatic N) is 3. The molecule has 5 heteroatoms. The van der Waals surface area contributed by atoms with Gasteiger partial charge in [-0.1, -0.05) is 35.5 Å².